The lowest BCUT2D eigenvalue weighted by molar-refractivity contribution is -0.114. The molecule has 0 radical (unpaired) electrons. The van der Waals surface area contributed by atoms with Crippen molar-refractivity contribution < 1.29 is 14.4 Å². The van der Waals surface area contributed by atoms with Crippen LogP contribution in [0.3, 0.4) is 0 Å². The van der Waals surface area contributed by atoms with Crippen molar-refractivity contribution in [2.45, 2.75) is 20.8 Å². The maximum Gasteiger partial charge on any atom is 0.251 e. The fourth-order valence-corrected chi connectivity index (χ4v) is 2.51. The first-order chi connectivity index (χ1) is 12.3. The molecule has 2 aromatic rings. The minimum absolute atomic E-state index is 0.0435. The highest BCUT2D eigenvalue weighted by atomic mass is 79.9. The van der Waals surface area contributed by atoms with Gasteiger partial charge in [-0.2, -0.15) is 0 Å². The van der Waals surface area contributed by atoms with Crippen molar-refractivity contribution in [2.75, 3.05) is 10.6 Å². The third-order valence-electron chi connectivity index (χ3n) is 3.69. The zero-order chi connectivity index (χ0) is 19.3. The number of rotatable bonds is 5. The highest BCUT2D eigenvalue weighted by molar-refractivity contribution is 9.10. The van der Waals surface area contributed by atoms with Crippen molar-refractivity contribution in [3.8, 4) is 0 Å². The normalized spacial score (nSPS) is 11.0. The summed E-state index contributed by atoms with van der Waals surface area (Å²) in [5.41, 5.74) is 3.09. The highest BCUT2D eigenvalue weighted by Crippen LogP contribution is 2.21. The van der Waals surface area contributed by atoms with E-state index in [1.54, 1.807) is 43.3 Å². The number of hydrogen-bond acceptors (Lipinski definition) is 3. The molecule has 2 aromatic carbocycles. The van der Waals surface area contributed by atoms with Gasteiger partial charge in [-0.05, 0) is 62.7 Å². The molecule has 26 heavy (non-hydrogen) atoms. The van der Waals surface area contributed by atoms with Crippen LogP contribution in [0.25, 0.3) is 0 Å². The zero-order valence-electron chi connectivity index (χ0n) is 14.7. The van der Waals surface area contributed by atoms with Crippen molar-refractivity contribution in [3.05, 3.63) is 69.7 Å². The monoisotopic (exact) mass is 414 g/mol. The first-order valence-electron chi connectivity index (χ1n) is 7.94. The van der Waals surface area contributed by atoms with Crippen LogP contribution in [0.1, 0.15) is 29.8 Å². The minimum Gasteiger partial charge on any atom is -0.323 e. The van der Waals surface area contributed by atoms with E-state index >= 15 is 0 Å². The van der Waals surface area contributed by atoms with Gasteiger partial charge in [0.1, 0.15) is 0 Å². The number of Topliss-reactive ketones (excluding diaryl/α,β-unsaturated/α-hetero) is 1. The number of carbonyl (C=O) groups is 3. The number of halogens is 1. The van der Waals surface area contributed by atoms with E-state index in [2.05, 4.69) is 26.6 Å². The van der Waals surface area contributed by atoms with E-state index in [0.29, 0.717) is 16.9 Å². The van der Waals surface area contributed by atoms with Gasteiger partial charge in [0.05, 0.1) is 0 Å². The lowest BCUT2D eigenvalue weighted by Gasteiger charge is -2.08. The first-order valence-corrected chi connectivity index (χ1v) is 8.73. The van der Waals surface area contributed by atoms with Gasteiger partial charge in [0, 0.05) is 33.1 Å². The van der Waals surface area contributed by atoms with Crippen molar-refractivity contribution in [2.24, 2.45) is 0 Å². The molecule has 2 rings (SSSR count). The largest absolute Gasteiger partial charge is 0.323 e. The molecule has 0 aliphatic rings. The summed E-state index contributed by atoms with van der Waals surface area (Å²) >= 11 is 3.41. The van der Waals surface area contributed by atoms with Crippen LogP contribution in [0.15, 0.2) is 58.6 Å². The van der Waals surface area contributed by atoms with Crippen LogP contribution >= 0.6 is 15.9 Å². The molecule has 0 bridgehead atoms. The summed E-state index contributed by atoms with van der Waals surface area (Å²) in [5.74, 6) is -0.820. The quantitative estimate of drug-likeness (QED) is 0.559. The number of nitrogens with one attached hydrogen (secondary N) is 2. The van der Waals surface area contributed by atoms with E-state index in [9.17, 15) is 14.4 Å². The van der Waals surface area contributed by atoms with Crippen molar-refractivity contribution >= 4 is 44.9 Å². The van der Waals surface area contributed by atoms with Gasteiger partial charge in [-0.1, -0.05) is 22.0 Å². The Balaban J connectivity index is 2.00. The second kappa shape index (κ2) is 8.58. The molecule has 0 heterocycles. The minimum atomic E-state index is -0.418. The third-order valence-corrected chi connectivity index (χ3v) is 4.55. The molecule has 0 fully saturated rings. The van der Waals surface area contributed by atoms with Gasteiger partial charge in [0.15, 0.2) is 5.78 Å². The number of hydrogen-bond donors (Lipinski definition) is 2. The molecule has 0 saturated heterocycles. The Bertz CT molecular complexity index is 886. The van der Waals surface area contributed by atoms with Crippen LogP contribution in [-0.4, -0.2) is 17.6 Å². The van der Waals surface area contributed by atoms with Crippen LogP contribution in [0.4, 0.5) is 11.4 Å². The average molecular weight is 415 g/mol. The zero-order valence-corrected chi connectivity index (χ0v) is 16.3. The molecular weight excluding hydrogens is 396 g/mol. The summed E-state index contributed by atoms with van der Waals surface area (Å²) < 4.78 is 0.892. The van der Waals surface area contributed by atoms with Gasteiger partial charge in [0.25, 0.3) is 5.91 Å². The van der Waals surface area contributed by atoms with Gasteiger partial charge in [-0.15, -0.1) is 0 Å². The second-order valence-corrected chi connectivity index (χ2v) is 6.72. The molecule has 0 aromatic heterocycles. The molecule has 2 amide bonds. The first kappa shape index (κ1) is 19.6. The van der Waals surface area contributed by atoms with E-state index < -0.39 is 5.91 Å². The molecule has 0 aliphatic carbocycles. The Morgan fingerprint density at radius 1 is 0.923 bits per heavy atom. The molecule has 2 N–H and O–H groups in total. The van der Waals surface area contributed by atoms with E-state index in [1.165, 1.54) is 13.0 Å². The number of ketones is 1. The Hall–Kier alpha value is -2.73. The molecule has 6 heteroatoms. The standard InChI is InChI=1S/C20H19BrN2O3/c1-12-4-7-17(11-18(12)21)23-20(26)13(2)10-19(25)22-16-8-5-15(6-9-16)14(3)24/h4-11H,1-3H3,(H,22,25)(H,23,26)/b13-10-. The highest BCUT2D eigenvalue weighted by Gasteiger charge is 2.09. The number of benzene rings is 2. The lowest BCUT2D eigenvalue weighted by Crippen LogP contribution is -2.16. The van der Waals surface area contributed by atoms with E-state index in [-0.39, 0.29) is 17.3 Å². The maximum absolute atomic E-state index is 12.2. The van der Waals surface area contributed by atoms with Gasteiger partial charge >= 0.3 is 0 Å². The van der Waals surface area contributed by atoms with Gasteiger partial charge in [-0.25, -0.2) is 0 Å². The van der Waals surface area contributed by atoms with Gasteiger partial charge in [0.2, 0.25) is 5.91 Å². The third kappa shape index (κ3) is 5.39. The molecular formula is C20H19BrN2O3. The smallest absolute Gasteiger partial charge is 0.251 e. The topological polar surface area (TPSA) is 75.3 Å². The van der Waals surface area contributed by atoms with E-state index in [0.717, 1.165) is 10.0 Å². The summed E-state index contributed by atoms with van der Waals surface area (Å²) in [6.07, 6.45) is 1.23. The van der Waals surface area contributed by atoms with Gasteiger partial charge < -0.3 is 10.6 Å². The summed E-state index contributed by atoms with van der Waals surface area (Å²) in [6, 6.07) is 12.0. The average Bonchev–Trinajstić information content (AvgIpc) is 2.58. The van der Waals surface area contributed by atoms with Crippen molar-refractivity contribution in [1.82, 2.24) is 0 Å². The number of anilines is 2. The van der Waals surface area contributed by atoms with Crippen molar-refractivity contribution in [1.29, 1.82) is 0 Å². The lowest BCUT2D eigenvalue weighted by atomic mass is 10.1. The van der Waals surface area contributed by atoms with Crippen molar-refractivity contribution in [3.63, 3.8) is 0 Å². The predicted octanol–water partition coefficient (Wildman–Crippen LogP) is 4.48. The maximum atomic E-state index is 12.2. The number of amides is 2. The number of carbonyl (C=O) groups excluding carboxylic acids is 3. The van der Waals surface area contributed by atoms with Crippen LogP contribution in [0.5, 0.6) is 0 Å². The second-order valence-electron chi connectivity index (χ2n) is 5.87. The predicted molar refractivity (Wildman–Crippen MR) is 106 cm³/mol. The fourth-order valence-electron chi connectivity index (χ4n) is 2.13. The molecule has 0 saturated carbocycles. The number of aryl methyl sites for hydroxylation is 1. The summed E-state index contributed by atoms with van der Waals surface area (Å²) in [5, 5.41) is 5.40. The van der Waals surface area contributed by atoms with Crippen LogP contribution in [0, 0.1) is 6.92 Å². The Labute approximate surface area is 160 Å². The summed E-state index contributed by atoms with van der Waals surface area (Å²) in [4.78, 5) is 35.5. The fraction of sp³-hybridized carbons (Fsp3) is 0.150. The van der Waals surface area contributed by atoms with Crippen LogP contribution < -0.4 is 10.6 Å². The summed E-state index contributed by atoms with van der Waals surface area (Å²) in [6.45, 7) is 5.00. The van der Waals surface area contributed by atoms with E-state index in [4.69, 9.17) is 0 Å². The molecule has 0 unspecified atom stereocenters. The van der Waals surface area contributed by atoms with Gasteiger partial charge in [-0.3, -0.25) is 14.4 Å². The molecule has 0 spiro atoms. The molecule has 134 valence electrons. The van der Waals surface area contributed by atoms with Crippen LogP contribution in [-0.2, 0) is 9.59 Å². The molecule has 0 atom stereocenters. The van der Waals surface area contributed by atoms with Crippen LogP contribution in [0.2, 0.25) is 0 Å². The molecule has 5 nitrogen and oxygen atoms in total. The Kier molecular flexibility index (Phi) is 6.46. The summed E-state index contributed by atoms with van der Waals surface area (Å²) in [7, 11) is 0. The molecule has 0 aliphatic heterocycles. The Morgan fingerprint density at radius 2 is 1.54 bits per heavy atom. The SMILES string of the molecule is CC(=O)c1ccc(NC(=O)/C=C(/C)C(=O)Nc2ccc(C)c(Br)c2)cc1. The Morgan fingerprint density at radius 3 is 2.12 bits per heavy atom. The van der Waals surface area contributed by atoms with E-state index in [1.807, 2.05) is 13.0 Å².